The van der Waals surface area contributed by atoms with Gasteiger partial charge < -0.3 is 18.9 Å². The van der Waals surface area contributed by atoms with E-state index in [4.69, 9.17) is 18.9 Å². The van der Waals surface area contributed by atoms with Crippen LogP contribution in [0.25, 0.3) is 6.08 Å². The molecule has 6 nitrogen and oxygen atoms in total. The first kappa shape index (κ1) is 21.0. The Labute approximate surface area is 164 Å². The third-order valence-electron chi connectivity index (χ3n) is 3.94. The van der Waals surface area contributed by atoms with Crippen LogP contribution in [0.3, 0.4) is 0 Å². The Hall–Kier alpha value is -3.28. The summed E-state index contributed by atoms with van der Waals surface area (Å²) in [5.41, 5.74) is 1.19. The number of esters is 1. The maximum Gasteiger partial charge on any atom is 0.331 e. The molecule has 148 valence electrons. The van der Waals surface area contributed by atoms with Gasteiger partial charge in [0.25, 0.3) is 0 Å². The molecule has 2 aromatic rings. The van der Waals surface area contributed by atoms with Gasteiger partial charge in [-0.2, -0.15) is 0 Å². The molecule has 1 atom stereocenters. The lowest BCUT2D eigenvalue weighted by Gasteiger charge is -2.11. The third kappa shape index (κ3) is 5.61. The van der Waals surface area contributed by atoms with Crippen molar-refractivity contribution in [1.82, 2.24) is 0 Å². The highest BCUT2D eigenvalue weighted by Crippen LogP contribution is 2.28. The Balaban J connectivity index is 2.00. The van der Waals surface area contributed by atoms with E-state index in [2.05, 4.69) is 0 Å². The Morgan fingerprint density at radius 2 is 1.71 bits per heavy atom. The third-order valence-corrected chi connectivity index (χ3v) is 3.94. The van der Waals surface area contributed by atoms with Crippen molar-refractivity contribution in [3.05, 3.63) is 59.7 Å². The molecule has 0 aliphatic rings. The van der Waals surface area contributed by atoms with Crippen molar-refractivity contribution in [3.63, 3.8) is 0 Å². The number of rotatable bonds is 9. The topological polar surface area (TPSA) is 71.1 Å². The van der Waals surface area contributed by atoms with Gasteiger partial charge in [0.05, 0.1) is 20.8 Å². The molecule has 0 aliphatic heterocycles. The van der Waals surface area contributed by atoms with Crippen LogP contribution in [0.15, 0.2) is 48.5 Å². The summed E-state index contributed by atoms with van der Waals surface area (Å²) in [5, 5.41) is 0. The van der Waals surface area contributed by atoms with E-state index in [0.717, 1.165) is 5.56 Å². The summed E-state index contributed by atoms with van der Waals surface area (Å²) in [7, 11) is 3.11. The molecule has 0 radical (unpaired) electrons. The van der Waals surface area contributed by atoms with Crippen LogP contribution in [0.4, 0.5) is 0 Å². The number of Topliss-reactive ketones (excluding diaryl/α,β-unsaturated/α-hetero) is 1. The molecule has 0 aliphatic carbocycles. The normalized spacial score (nSPS) is 11.7. The Bertz CT molecular complexity index is 839. The highest BCUT2D eigenvalue weighted by Gasteiger charge is 2.18. The number of methoxy groups -OCH3 is 2. The minimum Gasteiger partial charge on any atom is -0.497 e. The number of hydrogen-bond donors (Lipinski definition) is 0. The van der Waals surface area contributed by atoms with Crippen LogP contribution in [0.1, 0.15) is 29.8 Å². The highest BCUT2D eigenvalue weighted by atomic mass is 16.5. The summed E-state index contributed by atoms with van der Waals surface area (Å²) in [6.45, 7) is 3.91. The van der Waals surface area contributed by atoms with E-state index in [0.29, 0.717) is 29.4 Å². The van der Waals surface area contributed by atoms with Gasteiger partial charge in [-0.15, -0.1) is 0 Å². The molecular formula is C22H24O6. The summed E-state index contributed by atoms with van der Waals surface area (Å²) < 4.78 is 21.0. The number of benzene rings is 2. The van der Waals surface area contributed by atoms with Crippen LogP contribution in [-0.4, -0.2) is 38.7 Å². The van der Waals surface area contributed by atoms with Crippen molar-refractivity contribution < 1.29 is 28.5 Å². The van der Waals surface area contributed by atoms with Crippen LogP contribution in [0.2, 0.25) is 0 Å². The molecule has 0 saturated heterocycles. The summed E-state index contributed by atoms with van der Waals surface area (Å²) in [5.74, 6) is 0.953. The average molecular weight is 384 g/mol. The van der Waals surface area contributed by atoms with E-state index < -0.39 is 12.1 Å². The molecule has 0 bridgehead atoms. The van der Waals surface area contributed by atoms with Crippen LogP contribution in [0.5, 0.6) is 17.2 Å². The van der Waals surface area contributed by atoms with Crippen molar-refractivity contribution in [2.75, 3.05) is 20.8 Å². The summed E-state index contributed by atoms with van der Waals surface area (Å²) in [6, 6.07) is 11.9. The molecule has 0 saturated carbocycles. The van der Waals surface area contributed by atoms with Gasteiger partial charge in [0.1, 0.15) is 5.75 Å². The predicted octanol–water partition coefficient (Wildman–Crippen LogP) is 3.93. The zero-order valence-corrected chi connectivity index (χ0v) is 16.4. The molecule has 28 heavy (non-hydrogen) atoms. The first-order valence-corrected chi connectivity index (χ1v) is 8.86. The van der Waals surface area contributed by atoms with Gasteiger partial charge in [0.2, 0.25) is 5.78 Å². The second kappa shape index (κ2) is 10.2. The maximum atomic E-state index is 12.4. The largest absolute Gasteiger partial charge is 0.497 e. The lowest BCUT2D eigenvalue weighted by Crippen LogP contribution is -2.23. The average Bonchev–Trinajstić information content (AvgIpc) is 2.72. The van der Waals surface area contributed by atoms with Gasteiger partial charge in [-0.1, -0.05) is 6.07 Å². The van der Waals surface area contributed by atoms with Crippen LogP contribution in [-0.2, 0) is 9.53 Å². The van der Waals surface area contributed by atoms with Gasteiger partial charge in [0, 0.05) is 11.6 Å². The van der Waals surface area contributed by atoms with E-state index >= 15 is 0 Å². The van der Waals surface area contributed by atoms with Gasteiger partial charge in [0.15, 0.2) is 17.6 Å². The van der Waals surface area contributed by atoms with E-state index in [9.17, 15) is 9.59 Å². The van der Waals surface area contributed by atoms with E-state index in [-0.39, 0.29) is 5.78 Å². The van der Waals surface area contributed by atoms with Crippen LogP contribution >= 0.6 is 0 Å². The zero-order valence-electron chi connectivity index (χ0n) is 16.4. The van der Waals surface area contributed by atoms with Crippen molar-refractivity contribution in [2.24, 2.45) is 0 Å². The van der Waals surface area contributed by atoms with Crippen molar-refractivity contribution in [3.8, 4) is 17.2 Å². The van der Waals surface area contributed by atoms with E-state index in [1.165, 1.54) is 6.08 Å². The molecule has 0 spiro atoms. The molecule has 0 N–H and O–H groups in total. The minimum atomic E-state index is -0.902. The van der Waals surface area contributed by atoms with Crippen molar-refractivity contribution in [2.45, 2.75) is 20.0 Å². The molecular weight excluding hydrogens is 360 g/mol. The first-order chi connectivity index (χ1) is 13.5. The summed E-state index contributed by atoms with van der Waals surface area (Å²) in [4.78, 5) is 24.4. The number of ketones is 1. The molecule has 0 unspecified atom stereocenters. The fourth-order valence-electron chi connectivity index (χ4n) is 2.49. The van der Waals surface area contributed by atoms with Crippen LogP contribution in [0, 0.1) is 0 Å². The Morgan fingerprint density at radius 1 is 1.00 bits per heavy atom. The fraction of sp³-hybridized carbons (Fsp3) is 0.273. The Kier molecular flexibility index (Phi) is 7.63. The number of hydrogen-bond acceptors (Lipinski definition) is 6. The van der Waals surface area contributed by atoms with E-state index in [1.807, 2.05) is 6.92 Å². The summed E-state index contributed by atoms with van der Waals surface area (Å²) in [6.07, 6.45) is 1.96. The predicted molar refractivity (Wildman–Crippen MR) is 106 cm³/mol. The SMILES string of the molecule is CCOc1cc(/C=C/C(=O)O[C@H](C)C(=O)c2ccc(OC)cc2)ccc1OC. The van der Waals surface area contributed by atoms with Crippen molar-refractivity contribution in [1.29, 1.82) is 0 Å². The maximum absolute atomic E-state index is 12.4. The number of carbonyl (C=O) groups is 2. The molecule has 0 amide bonds. The molecule has 2 rings (SSSR count). The van der Waals surface area contributed by atoms with Gasteiger partial charge in [-0.25, -0.2) is 4.79 Å². The van der Waals surface area contributed by atoms with Crippen molar-refractivity contribution >= 4 is 17.8 Å². The lowest BCUT2D eigenvalue weighted by atomic mass is 10.1. The molecule has 6 heteroatoms. The standard InChI is InChI=1S/C22H24O6/c1-5-27-20-14-16(6-12-19(20)26-4)7-13-21(23)28-15(2)22(24)17-8-10-18(25-3)11-9-17/h6-15H,5H2,1-4H3/b13-7+/t15-/m1/s1. The molecule has 0 fully saturated rings. The van der Waals surface area contributed by atoms with Gasteiger partial charge in [-0.05, 0) is 61.9 Å². The number of ether oxygens (including phenoxy) is 4. The highest BCUT2D eigenvalue weighted by molar-refractivity contribution is 6.01. The van der Waals surface area contributed by atoms with E-state index in [1.54, 1.807) is 69.7 Å². The zero-order chi connectivity index (χ0) is 20.5. The molecule has 2 aromatic carbocycles. The van der Waals surface area contributed by atoms with Gasteiger partial charge >= 0.3 is 5.97 Å². The van der Waals surface area contributed by atoms with Crippen LogP contribution < -0.4 is 14.2 Å². The monoisotopic (exact) mass is 384 g/mol. The number of carbonyl (C=O) groups excluding carboxylic acids is 2. The second-order valence-corrected chi connectivity index (χ2v) is 5.85. The quantitative estimate of drug-likeness (QED) is 0.371. The first-order valence-electron chi connectivity index (χ1n) is 8.86. The second-order valence-electron chi connectivity index (χ2n) is 5.85. The molecule has 0 aromatic heterocycles. The summed E-state index contributed by atoms with van der Waals surface area (Å²) >= 11 is 0. The smallest absolute Gasteiger partial charge is 0.331 e. The fourth-order valence-corrected chi connectivity index (χ4v) is 2.49. The minimum absolute atomic E-state index is 0.285. The van der Waals surface area contributed by atoms with Gasteiger partial charge in [-0.3, -0.25) is 4.79 Å². The molecule has 0 heterocycles. The Morgan fingerprint density at radius 3 is 2.32 bits per heavy atom. The lowest BCUT2D eigenvalue weighted by molar-refractivity contribution is -0.140.